The van der Waals surface area contributed by atoms with Crippen LogP contribution in [0, 0.1) is 0 Å². The van der Waals surface area contributed by atoms with Crippen molar-refractivity contribution < 1.29 is 0 Å². The summed E-state index contributed by atoms with van der Waals surface area (Å²) in [5.41, 5.74) is 1.46. The van der Waals surface area contributed by atoms with Crippen LogP contribution >= 0.6 is 0 Å². The molecule has 1 saturated heterocycles. The average molecular weight is 260 g/mol. The standard InChI is InChI=1S/C17H28N2/c1-2-18-13-8-12-17-11-6-7-14-19(17)15-16-9-4-3-5-10-16/h3-5,9-10,17-18H,2,6-8,11-15H2,1H3. The van der Waals surface area contributed by atoms with Crippen LogP contribution in [0.1, 0.15) is 44.6 Å². The van der Waals surface area contributed by atoms with E-state index in [9.17, 15) is 0 Å². The summed E-state index contributed by atoms with van der Waals surface area (Å²) in [6.45, 7) is 6.86. The topological polar surface area (TPSA) is 15.3 Å². The lowest BCUT2D eigenvalue weighted by Gasteiger charge is -2.36. The van der Waals surface area contributed by atoms with Crippen molar-refractivity contribution in [1.29, 1.82) is 0 Å². The highest BCUT2D eigenvalue weighted by atomic mass is 15.2. The third-order valence-corrected chi connectivity index (χ3v) is 4.12. The quantitative estimate of drug-likeness (QED) is 0.756. The number of hydrogen-bond donors (Lipinski definition) is 1. The number of nitrogens with one attached hydrogen (secondary N) is 1. The molecule has 1 atom stereocenters. The van der Waals surface area contributed by atoms with Gasteiger partial charge >= 0.3 is 0 Å². The summed E-state index contributed by atoms with van der Waals surface area (Å²) in [6.07, 6.45) is 6.83. The molecule has 2 nitrogen and oxygen atoms in total. The summed E-state index contributed by atoms with van der Waals surface area (Å²) < 4.78 is 0. The van der Waals surface area contributed by atoms with Crippen LogP contribution in [0.3, 0.4) is 0 Å². The van der Waals surface area contributed by atoms with Crippen LogP contribution in [0.15, 0.2) is 30.3 Å². The van der Waals surface area contributed by atoms with Crippen LogP contribution in [-0.2, 0) is 6.54 Å². The fraction of sp³-hybridized carbons (Fsp3) is 0.647. The van der Waals surface area contributed by atoms with E-state index in [1.807, 2.05) is 0 Å². The lowest BCUT2D eigenvalue weighted by atomic mass is 9.97. The molecule has 2 heteroatoms. The minimum absolute atomic E-state index is 0.799. The zero-order valence-corrected chi connectivity index (χ0v) is 12.3. The summed E-state index contributed by atoms with van der Waals surface area (Å²) in [4.78, 5) is 2.70. The molecule has 1 N–H and O–H groups in total. The maximum absolute atomic E-state index is 3.43. The predicted molar refractivity (Wildman–Crippen MR) is 82.3 cm³/mol. The van der Waals surface area contributed by atoms with E-state index in [0.717, 1.165) is 19.1 Å². The van der Waals surface area contributed by atoms with Crippen molar-refractivity contribution in [3.8, 4) is 0 Å². The highest BCUT2D eigenvalue weighted by Crippen LogP contribution is 2.22. The first-order valence-electron chi connectivity index (χ1n) is 7.89. The van der Waals surface area contributed by atoms with Gasteiger partial charge in [-0.1, -0.05) is 43.7 Å². The second-order valence-electron chi connectivity index (χ2n) is 5.60. The van der Waals surface area contributed by atoms with Gasteiger partial charge in [0, 0.05) is 12.6 Å². The number of likely N-dealkylation sites (tertiary alicyclic amines) is 1. The van der Waals surface area contributed by atoms with Gasteiger partial charge in [-0.2, -0.15) is 0 Å². The summed E-state index contributed by atoms with van der Waals surface area (Å²) >= 11 is 0. The molecule has 1 unspecified atom stereocenters. The monoisotopic (exact) mass is 260 g/mol. The number of nitrogens with zero attached hydrogens (tertiary/aromatic N) is 1. The first-order valence-corrected chi connectivity index (χ1v) is 7.89. The fourth-order valence-corrected chi connectivity index (χ4v) is 3.05. The van der Waals surface area contributed by atoms with Crippen molar-refractivity contribution in [2.24, 2.45) is 0 Å². The van der Waals surface area contributed by atoms with E-state index in [-0.39, 0.29) is 0 Å². The zero-order chi connectivity index (χ0) is 13.3. The van der Waals surface area contributed by atoms with Gasteiger partial charge in [0.1, 0.15) is 0 Å². The van der Waals surface area contributed by atoms with Crippen LogP contribution in [0.25, 0.3) is 0 Å². The van der Waals surface area contributed by atoms with Crippen molar-refractivity contribution in [3.05, 3.63) is 35.9 Å². The number of benzene rings is 1. The lowest BCUT2D eigenvalue weighted by molar-refractivity contribution is 0.130. The van der Waals surface area contributed by atoms with Gasteiger partial charge in [0.25, 0.3) is 0 Å². The largest absolute Gasteiger partial charge is 0.317 e. The molecule has 0 aromatic heterocycles. The highest BCUT2D eigenvalue weighted by Gasteiger charge is 2.21. The second-order valence-corrected chi connectivity index (χ2v) is 5.60. The van der Waals surface area contributed by atoms with Gasteiger partial charge < -0.3 is 5.32 Å². The van der Waals surface area contributed by atoms with Crippen molar-refractivity contribution in [2.75, 3.05) is 19.6 Å². The molecule has 1 fully saturated rings. The third kappa shape index (κ3) is 4.96. The number of piperidine rings is 1. The van der Waals surface area contributed by atoms with Gasteiger partial charge in [0.05, 0.1) is 0 Å². The summed E-state index contributed by atoms with van der Waals surface area (Å²) in [5.74, 6) is 0. The molecule has 106 valence electrons. The van der Waals surface area contributed by atoms with Crippen LogP contribution in [-0.4, -0.2) is 30.6 Å². The van der Waals surface area contributed by atoms with E-state index in [1.165, 1.54) is 50.8 Å². The fourth-order valence-electron chi connectivity index (χ4n) is 3.05. The Hall–Kier alpha value is -0.860. The van der Waals surface area contributed by atoms with Gasteiger partial charge in [-0.05, 0) is 50.9 Å². The molecule has 1 aromatic carbocycles. The first-order chi connectivity index (χ1) is 9.40. The first kappa shape index (κ1) is 14.5. The SMILES string of the molecule is CCNCCCC1CCCCN1Cc1ccccc1. The molecular weight excluding hydrogens is 232 g/mol. The van der Waals surface area contributed by atoms with E-state index in [0.29, 0.717) is 0 Å². The normalized spacial score (nSPS) is 20.6. The molecule has 0 radical (unpaired) electrons. The van der Waals surface area contributed by atoms with E-state index < -0.39 is 0 Å². The molecule has 1 aliphatic heterocycles. The maximum atomic E-state index is 3.43. The minimum atomic E-state index is 0.799. The smallest absolute Gasteiger partial charge is 0.0236 e. The van der Waals surface area contributed by atoms with Crippen LogP contribution < -0.4 is 5.32 Å². The van der Waals surface area contributed by atoms with Gasteiger partial charge in [-0.3, -0.25) is 4.90 Å². The van der Waals surface area contributed by atoms with Crippen LogP contribution in [0.2, 0.25) is 0 Å². The highest BCUT2D eigenvalue weighted by molar-refractivity contribution is 5.14. The van der Waals surface area contributed by atoms with Crippen LogP contribution in [0.4, 0.5) is 0 Å². The Kier molecular flexibility index (Phi) is 6.38. The Labute approximate surface area is 118 Å². The Balaban J connectivity index is 1.82. The summed E-state index contributed by atoms with van der Waals surface area (Å²) in [6, 6.07) is 11.7. The average Bonchev–Trinajstić information content (AvgIpc) is 2.46. The van der Waals surface area contributed by atoms with Crippen molar-refractivity contribution >= 4 is 0 Å². The lowest BCUT2D eigenvalue weighted by Crippen LogP contribution is -2.39. The van der Waals surface area contributed by atoms with Crippen LogP contribution in [0.5, 0.6) is 0 Å². The Morgan fingerprint density at radius 1 is 1.21 bits per heavy atom. The minimum Gasteiger partial charge on any atom is -0.317 e. The van der Waals surface area contributed by atoms with Gasteiger partial charge in [0.2, 0.25) is 0 Å². The van der Waals surface area contributed by atoms with Gasteiger partial charge in [0.15, 0.2) is 0 Å². The van der Waals surface area contributed by atoms with E-state index in [1.54, 1.807) is 0 Å². The second kappa shape index (κ2) is 8.34. The van der Waals surface area contributed by atoms with Gasteiger partial charge in [-0.15, -0.1) is 0 Å². The summed E-state index contributed by atoms with van der Waals surface area (Å²) in [7, 11) is 0. The molecule has 0 bridgehead atoms. The third-order valence-electron chi connectivity index (χ3n) is 4.12. The van der Waals surface area contributed by atoms with Gasteiger partial charge in [-0.25, -0.2) is 0 Å². The van der Waals surface area contributed by atoms with Crippen molar-refractivity contribution in [3.63, 3.8) is 0 Å². The van der Waals surface area contributed by atoms with Crippen molar-refractivity contribution in [1.82, 2.24) is 10.2 Å². The molecule has 2 rings (SSSR count). The molecule has 19 heavy (non-hydrogen) atoms. The molecule has 1 heterocycles. The Morgan fingerprint density at radius 2 is 2.05 bits per heavy atom. The molecular formula is C17H28N2. The Bertz CT molecular complexity index is 336. The van der Waals surface area contributed by atoms with E-state index in [4.69, 9.17) is 0 Å². The number of rotatable bonds is 7. The van der Waals surface area contributed by atoms with E-state index in [2.05, 4.69) is 47.5 Å². The number of hydrogen-bond acceptors (Lipinski definition) is 2. The summed E-state index contributed by atoms with van der Waals surface area (Å²) in [5, 5.41) is 3.43. The molecule has 0 aliphatic carbocycles. The molecule has 0 saturated carbocycles. The predicted octanol–water partition coefficient (Wildman–Crippen LogP) is 3.43. The molecule has 1 aromatic rings. The zero-order valence-electron chi connectivity index (χ0n) is 12.3. The molecule has 0 spiro atoms. The molecule has 0 amide bonds. The Morgan fingerprint density at radius 3 is 2.84 bits per heavy atom. The van der Waals surface area contributed by atoms with Crippen molar-refractivity contribution in [2.45, 2.75) is 51.6 Å². The maximum Gasteiger partial charge on any atom is 0.0236 e. The van der Waals surface area contributed by atoms with E-state index >= 15 is 0 Å². The molecule has 1 aliphatic rings.